The van der Waals surface area contributed by atoms with Gasteiger partial charge >= 0.3 is 0 Å². The van der Waals surface area contributed by atoms with E-state index in [9.17, 15) is 12.8 Å². The van der Waals surface area contributed by atoms with Gasteiger partial charge in [-0.05, 0) is 37.0 Å². The topological polar surface area (TPSA) is 124 Å². The van der Waals surface area contributed by atoms with Crippen molar-refractivity contribution in [1.29, 1.82) is 0 Å². The van der Waals surface area contributed by atoms with Gasteiger partial charge in [0.2, 0.25) is 0 Å². The number of hydrogen-bond acceptors (Lipinski definition) is 8. The lowest BCUT2D eigenvalue weighted by Crippen LogP contribution is -2.27. The first kappa shape index (κ1) is 28.4. The molecule has 0 spiro atoms. The van der Waals surface area contributed by atoms with Gasteiger partial charge in [0, 0.05) is 29.8 Å². The van der Waals surface area contributed by atoms with Crippen molar-refractivity contribution in [3.8, 4) is 34.0 Å². The van der Waals surface area contributed by atoms with Gasteiger partial charge in [-0.3, -0.25) is 0 Å². The van der Waals surface area contributed by atoms with Crippen LogP contribution in [0.15, 0.2) is 70.2 Å². The lowest BCUT2D eigenvalue weighted by Gasteiger charge is -2.19. The van der Waals surface area contributed by atoms with Crippen LogP contribution in [0.1, 0.15) is 39.7 Å². The summed E-state index contributed by atoms with van der Waals surface area (Å²) in [7, 11) is -3.44. The Morgan fingerprint density at radius 2 is 1.64 bits per heavy atom. The van der Waals surface area contributed by atoms with Crippen molar-refractivity contribution < 1.29 is 17.3 Å². The first-order valence-corrected chi connectivity index (χ1v) is 14.5. The van der Waals surface area contributed by atoms with E-state index in [2.05, 4.69) is 20.4 Å². The van der Waals surface area contributed by atoms with E-state index in [0.717, 1.165) is 11.1 Å². The van der Waals surface area contributed by atoms with E-state index in [1.54, 1.807) is 43.5 Å². The van der Waals surface area contributed by atoms with Gasteiger partial charge in [-0.15, -0.1) is 0 Å². The molecule has 10 heteroatoms. The summed E-state index contributed by atoms with van der Waals surface area (Å²) in [4.78, 5) is 9.21. The Morgan fingerprint density at radius 1 is 1.00 bits per heavy atom. The molecule has 0 amide bonds. The minimum Gasteiger partial charge on any atom is -0.382 e. The molecule has 8 nitrogen and oxygen atoms in total. The minimum absolute atomic E-state index is 0.0168. The Morgan fingerprint density at radius 3 is 2.26 bits per heavy atom. The first-order chi connectivity index (χ1) is 18.6. The summed E-state index contributed by atoms with van der Waals surface area (Å²) >= 11 is 0. The number of halogens is 1. The number of benzene rings is 2. The smallest absolute Gasteiger partial charge is 0.189 e. The Kier molecular flexibility index (Phi) is 8.76. The number of alkyl halides is 1. The van der Waals surface area contributed by atoms with Gasteiger partial charge < -0.3 is 15.6 Å². The molecular weight excluding hydrogens is 517 g/mol. The average Bonchev–Trinajstić information content (AvgIpc) is 3.42. The third kappa shape index (κ3) is 6.34. The van der Waals surface area contributed by atoms with Gasteiger partial charge in [0.05, 0.1) is 22.0 Å². The maximum Gasteiger partial charge on any atom is 0.189 e. The summed E-state index contributed by atoms with van der Waals surface area (Å²) in [5.41, 5.74) is 10.2. The van der Waals surface area contributed by atoms with Crippen molar-refractivity contribution in [2.24, 2.45) is 5.92 Å². The highest BCUT2D eigenvalue weighted by atomic mass is 32.2. The Labute approximate surface area is 228 Å². The number of aromatic nitrogens is 3. The molecule has 39 heavy (non-hydrogen) atoms. The summed E-state index contributed by atoms with van der Waals surface area (Å²) in [5, 5.41) is 6.84. The lowest BCUT2D eigenvalue weighted by atomic mass is 10.1. The van der Waals surface area contributed by atoms with Gasteiger partial charge in [-0.25, -0.2) is 22.8 Å². The van der Waals surface area contributed by atoms with E-state index in [0.29, 0.717) is 41.4 Å². The van der Waals surface area contributed by atoms with Crippen molar-refractivity contribution in [1.82, 2.24) is 20.4 Å². The molecule has 0 aliphatic rings. The third-order valence-corrected chi connectivity index (χ3v) is 9.31. The molecule has 2 heterocycles. The monoisotopic (exact) mass is 551 g/mol. The van der Waals surface area contributed by atoms with Crippen LogP contribution in [0.2, 0.25) is 0 Å². The Bertz CT molecular complexity index is 1500. The molecule has 0 saturated heterocycles. The van der Waals surface area contributed by atoms with E-state index < -0.39 is 21.8 Å². The standard InChI is InChI=1S/C29H34FN5O3S/c1-5-27(18(2)3)39(36,37)23-12-10-22(11-13-23)25-17-33-29(31)28(34-25)26-14-24(35-38-26)21-8-6-20(7-9-21)16-32-19(4)15-30/h6-14,17-19,27,32H,5,15-16H2,1-4H3,(H2,31,33). The molecule has 0 aliphatic carbocycles. The van der Waals surface area contributed by atoms with Gasteiger partial charge in [-0.1, -0.05) is 62.3 Å². The molecular formula is C29H34FN5O3S. The van der Waals surface area contributed by atoms with Crippen LogP contribution in [0.4, 0.5) is 10.2 Å². The Hall–Kier alpha value is -3.63. The summed E-state index contributed by atoms with van der Waals surface area (Å²) in [6.45, 7) is 7.68. The normalized spacial score (nSPS) is 13.5. The second-order valence-corrected chi connectivity index (χ2v) is 12.1. The van der Waals surface area contributed by atoms with E-state index in [-0.39, 0.29) is 22.7 Å². The Balaban J connectivity index is 1.55. The summed E-state index contributed by atoms with van der Waals surface area (Å²) in [5.74, 6) is 0.566. The molecule has 0 saturated carbocycles. The fourth-order valence-electron chi connectivity index (χ4n) is 4.42. The van der Waals surface area contributed by atoms with E-state index in [4.69, 9.17) is 10.3 Å². The maximum atomic E-state index is 13.1. The molecule has 0 aliphatic heterocycles. The number of rotatable bonds is 11. The summed E-state index contributed by atoms with van der Waals surface area (Å²) in [6.07, 6.45) is 2.09. The van der Waals surface area contributed by atoms with Crippen LogP contribution >= 0.6 is 0 Å². The van der Waals surface area contributed by atoms with Crippen LogP contribution in [0.25, 0.3) is 34.0 Å². The second-order valence-electron chi connectivity index (χ2n) is 9.96. The predicted octanol–water partition coefficient (Wildman–Crippen LogP) is 5.70. The number of nitrogen functional groups attached to an aromatic ring is 1. The molecule has 0 fully saturated rings. The number of nitrogens with two attached hydrogens (primary N) is 1. The molecule has 0 radical (unpaired) electrons. The van der Waals surface area contributed by atoms with Crippen molar-refractivity contribution in [2.75, 3.05) is 12.4 Å². The molecule has 2 atom stereocenters. The zero-order chi connectivity index (χ0) is 28.2. The lowest BCUT2D eigenvalue weighted by molar-refractivity contribution is 0.391. The highest BCUT2D eigenvalue weighted by Gasteiger charge is 2.28. The number of hydrogen-bond donors (Lipinski definition) is 2. The van der Waals surface area contributed by atoms with Crippen molar-refractivity contribution in [3.05, 3.63) is 66.4 Å². The van der Waals surface area contributed by atoms with Crippen LogP contribution in [-0.4, -0.2) is 41.5 Å². The molecule has 4 rings (SSSR count). The molecule has 3 N–H and O–H groups in total. The number of nitrogens with zero attached hydrogens (tertiary/aromatic N) is 3. The zero-order valence-electron chi connectivity index (χ0n) is 22.6. The number of sulfone groups is 1. The fourth-order valence-corrected chi connectivity index (χ4v) is 6.44. The maximum absolute atomic E-state index is 13.1. The van der Waals surface area contributed by atoms with Gasteiger partial charge in [0.15, 0.2) is 27.1 Å². The van der Waals surface area contributed by atoms with Gasteiger partial charge in [-0.2, -0.15) is 0 Å². The highest BCUT2D eigenvalue weighted by molar-refractivity contribution is 7.92. The molecule has 0 bridgehead atoms. The largest absolute Gasteiger partial charge is 0.382 e. The number of anilines is 1. The van der Waals surface area contributed by atoms with Crippen LogP contribution < -0.4 is 11.1 Å². The van der Waals surface area contributed by atoms with Crippen molar-refractivity contribution in [2.45, 2.75) is 56.8 Å². The van der Waals surface area contributed by atoms with Crippen LogP contribution in [0, 0.1) is 5.92 Å². The molecule has 2 aromatic heterocycles. The highest BCUT2D eigenvalue weighted by Crippen LogP contribution is 2.31. The van der Waals surface area contributed by atoms with Crippen LogP contribution in [0.3, 0.4) is 0 Å². The van der Waals surface area contributed by atoms with Crippen molar-refractivity contribution in [3.63, 3.8) is 0 Å². The zero-order valence-corrected chi connectivity index (χ0v) is 23.4. The SMILES string of the molecule is CCC(C(C)C)S(=O)(=O)c1ccc(-c2cnc(N)c(-c3cc(-c4ccc(CNC(C)CF)cc4)no3)n2)cc1. The molecule has 206 valence electrons. The minimum atomic E-state index is -3.44. The van der Waals surface area contributed by atoms with Gasteiger partial charge in [0.1, 0.15) is 12.4 Å². The fraction of sp³-hybridized carbons (Fsp3) is 0.345. The molecule has 2 unspecified atom stereocenters. The summed E-state index contributed by atoms with van der Waals surface area (Å²) < 4.78 is 44.4. The average molecular weight is 552 g/mol. The first-order valence-electron chi connectivity index (χ1n) is 13.0. The van der Waals surface area contributed by atoms with Crippen LogP contribution in [0.5, 0.6) is 0 Å². The number of nitrogens with one attached hydrogen (secondary N) is 1. The molecule has 2 aromatic carbocycles. The molecule has 4 aromatic rings. The summed E-state index contributed by atoms with van der Waals surface area (Å²) in [6, 6.07) is 15.9. The van der Waals surface area contributed by atoms with E-state index in [1.165, 1.54) is 0 Å². The predicted molar refractivity (Wildman–Crippen MR) is 151 cm³/mol. The van der Waals surface area contributed by atoms with E-state index in [1.807, 2.05) is 45.0 Å². The second kappa shape index (κ2) is 12.0. The van der Waals surface area contributed by atoms with Crippen LogP contribution in [-0.2, 0) is 16.4 Å². The van der Waals surface area contributed by atoms with E-state index >= 15 is 0 Å². The third-order valence-electron chi connectivity index (χ3n) is 6.70. The van der Waals surface area contributed by atoms with Crippen molar-refractivity contribution >= 4 is 15.7 Å². The quantitative estimate of drug-likeness (QED) is 0.243. The van der Waals surface area contributed by atoms with Gasteiger partial charge in [0.25, 0.3) is 0 Å².